The Kier molecular flexibility index (Phi) is 4.31. The Morgan fingerprint density at radius 2 is 1.96 bits per heavy atom. The van der Waals surface area contributed by atoms with Crippen molar-refractivity contribution >= 4 is 22.5 Å². The van der Waals surface area contributed by atoms with Gasteiger partial charge in [-0.05, 0) is 48.0 Å². The molecule has 0 unspecified atom stereocenters. The summed E-state index contributed by atoms with van der Waals surface area (Å²) in [6, 6.07) is 14.3. The van der Waals surface area contributed by atoms with Crippen LogP contribution in [-0.4, -0.2) is 21.9 Å². The van der Waals surface area contributed by atoms with Crippen LogP contribution in [0.3, 0.4) is 0 Å². The van der Waals surface area contributed by atoms with E-state index in [0.29, 0.717) is 22.8 Å². The second-order valence-corrected chi connectivity index (χ2v) is 6.34. The number of methoxy groups -OCH3 is 1. The Morgan fingerprint density at radius 1 is 1.08 bits per heavy atom. The molecule has 4 rings (SSSR count). The van der Waals surface area contributed by atoms with Gasteiger partial charge in [-0.2, -0.15) is 5.10 Å². The fraction of sp³-hybridized carbons (Fsp3) is 0.100. The van der Waals surface area contributed by atoms with Gasteiger partial charge in [-0.3, -0.25) is 9.67 Å². The smallest absolute Gasteiger partial charge is 0.165 e. The maximum Gasteiger partial charge on any atom is 0.165 e. The third-order valence-corrected chi connectivity index (χ3v) is 4.44. The minimum atomic E-state index is -0.405. The molecule has 2 heterocycles. The monoisotopic (exact) mass is 367 g/mol. The summed E-state index contributed by atoms with van der Waals surface area (Å²) in [7, 11) is 1.44. The van der Waals surface area contributed by atoms with E-state index in [4.69, 9.17) is 16.3 Å². The molecule has 0 fully saturated rings. The molecule has 0 radical (unpaired) electrons. The van der Waals surface area contributed by atoms with Gasteiger partial charge >= 0.3 is 0 Å². The molecule has 0 saturated carbocycles. The Morgan fingerprint density at radius 3 is 2.69 bits per heavy atom. The van der Waals surface area contributed by atoms with Gasteiger partial charge in [0.2, 0.25) is 0 Å². The molecule has 0 spiro atoms. The third kappa shape index (κ3) is 3.13. The summed E-state index contributed by atoms with van der Waals surface area (Å²) in [5.74, 6) is -0.186. The van der Waals surface area contributed by atoms with E-state index in [0.717, 1.165) is 16.5 Å². The quantitative estimate of drug-likeness (QED) is 0.512. The first-order valence-electron chi connectivity index (χ1n) is 8.04. The van der Waals surface area contributed by atoms with Gasteiger partial charge in [0.15, 0.2) is 11.6 Å². The number of halogens is 2. The number of rotatable bonds is 4. The molecule has 0 aliphatic rings. The van der Waals surface area contributed by atoms with Gasteiger partial charge in [-0.15, -0.1) is 0 Å². The van der Waals surface area contributed by atoms with Crippen LogP contribution in [0.2, 0.25) is 5.02 Å². The van der Waals surface area contributed by atoms with Gasteiger partial charge in [0.1, 0.15) is 0 Å². The molecule has 0 aliphatic carbocycles. The number of fused-ring (bicyclic) bond motifs is 1. The Labute approximate surface area is 154 Å². The normalized spacial score (nSPS) is 11.0. The third-order valence-electron chi connectivity index (χ3n) is 4.21. The van der Waals surface area contributed by atoms with Gasteiger partial charge in [0, 0.05) is 22.2 Å². The first kappa shape index (κ1) is 16.5. The first-order chi connectivity index (χ1) is 12.6. The highest BCUT2D eigenvalue weighted by molar-refractivity contribution is 6.31. The number of ether oxygens (including phenoxy) is 1. The van der Waals surface area contributed by atoms with Crippen LogP contribution in [0.1, 0.15) is 5.56 Å². The van der Waals surface area contributed by atoms with Crippen LogP contribution in [0.25, 0.3) is 22.2 Å². The van der Waals surface area contributed by atoms with Crippen LogP contribution in [-0.2, 0) is 6.54 Å². The first-order valence-corrected chi connectivity index (χ1v) is 8.42. The highest BCUT2D eigenvalue weighted by Crippen LogP contribution is 2.25. The molecule has 6 heteroatoms. The van der Waals surface area contributed by atoms with Crippen molar-refractivity contribution in [1.29, 1.82) is 0 Å². The average Bonchev–Trinajstić information content (AvgIpc) is 3.04. The van der Waals surface area contributed by atoms with Gasteiger partial charge in [-0.1, -0.05) is 17.7 Å². The van der Waals surface area contributed by atoms with Crippen molar-refractivity contribution in [2.24, 2.45) is 0 Å². The summed E-state index contributed by atoms with van der Waals surface area (Å²) in [6.45, 7) is 0.593. The van der Waals surface area contributed by atoms with E-state index < -0.39 is 5.82 Å². The molecule has 4 aromatic rings. The largest absolute Gasteiger partial charge is 0.494 e. The molecule has 4 nitrogen and oxygen atoms in total. The molecule has 0 amide bonds. The lowest BCUT2D eigenvalue weighted by atomic mass is 10.1. The summed E-state index contributed by atoms with van der Waals surface area (Å²) in [6.07, 6.45) is 3.57. The Bertz CT molecular complexity index is 1080. The van der Waals surface area contributed by atoms with Crippen molar-refractivity contribution in [3.05, 3.63) is 77.3 Å². The van der Waals surface area contributed by atoms with E-state index >= 15 is 0 Å². The highest BCUT2D eigenvalue weighted by Gasteiger charge is 2.08. The summed E-state index contributed by atoms with van der Waals surface area (Å²) >= 11 is 6.01. The summed E-state index contributed by atoms with van der Waals surface area (Å²) in [5.41, 5.74) is 3.42. The minimum absolute atomic E-state index is 0.219. The Hall–Kier alpha value is -2.92. The van der Waals surface area contributed by atoms with Crippen LogP contribution in [0.4, 0.5) is 4.39 Å². The van der Waals surface area contributed by atoms with Crippen LogP contribution in [0.15, 0.2) is 60.9 Å². The van der Waals surface area contributed by atoms with Crippen LogP contribution >= 0.6 is 11.6 Å². The standard InChI is InChI=1S/C20H15ClFN3O/c1-26-20-7-3-14(9-17(20)22)18-5-2-13(10-23-18)12-25-19-6-4-16(21)8-15(19)11-24-25/h2-11H,12H2,1H3. The van der Waals surface area contributed by atoms with Crippen LogP contribution < -0.4 is 4.74 Å². The summed E-state index contributed by atoms with van der Waals surface area (Å²) < 4.78 is 20.7. The molecule has 0 saturated heterocycles. The Balaban J connectivity index is 1.58. The molecule has 0 bridgehead atoms. The van der Waals surface area contributed by atoms with E-state index in [1.165, 1.54) is 13.2 Å². The van der Waals surface area contributed by atoms with E-state index in [1.807, 2.05) is 35.0 Å². The zero-order chi connectivity index (χ0) is 18.1. The zero-order valence-electron chi connectivity index (χ0n) is 14.0. The molecular weight excluding hydrogens is 353 g/mol. The van der Waals surface area contributed by atoms with Gasteiger partial charge < -0.3 is 4.74 Å². The topological polar surface area (TPSA) is 39.9 Å². The molecule has 26 heavy (non-hydrogen) atoms. The van der Waals surface area contributed by atoms with E-state index in [-0.39, 0.29) is 5.75 Å². The molecule has 2 aromatic carbocycles. The number of nitrogens with zero attached hydrogens (tertiary/aromatic N) is 3. The van der Waals surface area contributed by atoms with Crippen molar-refractivity contribution < 1.29 is 9.13 Å². The SMILES string of the molecule is COc1ccc(-c2ccc(Cn3ncc4cc(Cl)ccc43)cn2)cc1F. The zero-order valence-corrected chi connectivity index (χ0v) is 14.7. The number of aromatic nitrogens is 3. The maximum atomic E-state index is 13.9. The number of benzene rings is 2. The molecule has 0 N–H and O–H groups in total. The van der Waals surface area contributed by atoms with E-state index in [1.54, 1.807) is 24.5 Å². The van der Waals surface area contributed by atoms with Crippen molar-refractivity contribution in [2.45, 2.75) is 6.54 Å². The average molecular weight is 368 g/mol. The molecule has 0 aliphatic heterocycles. The molecule has 0 atom stereocenters. The van der Waals surface area contributed by atoms with Crippen molar-refractivity contribution in [2.75, 3.05) is 7.11 Å². The predicted molar refractivity (Wildman–Crippen MR) is 100 cm³/mol. The lowest BCUT2D eigenvalue weighted by Gasteiger charge is -2.07. The predicted octanol–water partition coefficient (Wildman–Crippen LogP) is 4.95. The van der Waals surface area contributed by atoms with Crippen molar-refractivity contribution in [3.8, 4) is 17.0 Å². The summed E-state index contributed by atoms with van der Waals surface area (Å²) in [5, 5.41) is 6.10. The maximum absolute atomic E-state index is 13.9. The molecule has 2 aromatic heterocycles. The van der Waals surface area contributed by atoms with Crippen LogP contribution in [0.5, 0.6) is 5.75 Å². The fourth-order valence-corrected chi connectivity index (χ4v) is 3.05. The number of hydrogen-bond donors (Lipinski definition) is 0. The lowest BCUT2D eigenvalue weighted by molar-refractivity contribution is 0.386. The van der Waals surface area contributed by atoms with Gasteiger partial charge in [-0.25, -0.2) is 4.39 Å². The minimum Gasteiger partial charge on any atom is -0.494 e. The summed E-state index contributed by atoms with van der Waals surface area (Å²) in [4.78, 5) is 4.45. The fourth-order valence-electron chi connectivity index (χ4n) is 2.87. The van der Waals surface area contributed by atoms with Crippen molar-refractivity contribution in [3.63, 3.8) is 0 Å². The second kappa shape index (κ2) is 6.77. The van der Waals surface area contributed by atoms with E-state index in [9.17, 15) is 4.39 Å². The van der Waals surface area contributed by atoms with Gasteiger partial charge in [0.05, 0.1) is 31.1 Å². The van der Waals surface area contributed by atoms with E-state index in [2.05, 4.69) is 10.1 Å². The van der Waals surface area contributed by atoms with Crippen molar-refractivity contribution in [1.82, 2.24) is 14.8 Å². The number of hydrogen-bond acceptors (Lipinski definition) is 3. The lowest BCUT2D eigenvalue weighted by Crippen LogP contribution is -2.02. The molecular formula is C20H15ClFN3O. The van der Waals surface area contributed by atoms with Crippen LogP contribution in [0, 0.1) is 5.82 Å². The number of pyridine rings is 1. The van der Waals surface area contributed by atoms with Gasteiger partial charge in [0.25, 0.3) is 0 Å². The highest BCUT2D eigenvalue weighted by atomic mass is 35.5. The molecule has 130 valence electrons. The second-order valence-electron chi connectivity index (χ2n) is 5.91.